The molecule has 140 valence electrons. The molecule has 0 saturated carbocycles. The number of anilines is 1. The quantitative estimate of drug-likeness (QED) is 0.502. The first kappa shape index (κ1) is 19.6. The van der Waals surface area contributed by atoms with Crippen molar-refractivity contribution in [3.05, 3.63) is 35.4 Å². The van der Waals surface area contributed by atoms with Crippen molar-refractivity contribution in [3.8, 4) is 5.75 Å². The van der Waals surface area contributed by atoms with E-state index in [1.807, 2.05) is 0 Å². The second-order valence-electron chi connectivity index (χ2n) is 6.23. The summed E-state index contributed by atoms with van der Waals surface area (Å²) in [7, 11) is 0. The van der Waals surface area contributed by atoms with Crippen LogP contribution in [0, 0.1) is 6.92 Å². The first-order valence-corrected chi connectivity index (χ1v) is 8.10. The molecule has 1 aliphatic heterocycles. The van der Waals surface area contributed by atoms with Crippen molar-refractivity contribution in [1.82, 2.24) is 0 Å². The number of rotatable bonds is 0. The summed E-state index contributed by atoms with van der Waals surface area (Å²) >= 11 is 0. The van der Waals surface area contributed by atoms with Gasteiger partial charge in [-0.25, -0.2) is 4.79 Å². The number of carbonyl (C=O) groups excluding carboxylic acids is 3. The number of hydrogen-bond acceptors (Lipinski definition) is 7. The number of benzene rings is 1. The smallest absolute Gasteiger partial charge is 0.344 e. The first-order chi connectivity index (χ1) is 12.2. The predicted molar refractivity (Wildman–Crippen MR) is 91.7 cm³/mol. The normalized spacial score (nSPS) is 26.3. The third-order valence-electron chi connectivity index (χ3n) is 3.85. The standard InChI is InChI=1S/C18H21NO7/c1-9-6-11-16(13(21)7-9)18(25)26-10(2)4-3-5-12(20)17(24)14(22)8-15(23)19-11/h3,5-7,10,14,17,21-22,24H,4,8H2,1-2H3,(H,19,23)/b5-3+/t10-,14-,17+/m0/s1. The maximum Gasteiger partial charge on any atom is 0.344 e. The molecule has 1 aliphatic rings. The molecule has 1 heterocycles. The summed E-state index contributed by atoms with van der Waals surface area (Å²) < 4.78 is 5.24. The highest BCUT2D eigenvalue weighted by Crippen LogP contribution is 2.29. The molecule has 1 aromatic rings. The Hall–Kier alpha value is -2.71. The lowest BCUT2D eigenvalue weighted by Crippen LogP contribution is -2.36. The zero-order valence-corrected chi connectivity index (χ0v) is 14.4. The molecule has 0 fully saturated rings. The van der Waals surface area contributed by atoms with E-state index in [9.17, 15) is 29.7 Å². The Morgan fingerprint density at radius 3 is 2.58 bits per heavy atom. The van der Waals surface area contributed by atoms with Crippen LogP contribution in [0.3, 0.4) is 0 Å². The lowest BCUT2D eigenvalue weighted by molar-refractivity contribution is -0.130. The topological polar surface area (TPSA) is 133 Å². The Bertz CT molecular complexity index is 756. The van der Waals surface area contributed by atoms with Crippen molar-refractivity contribution in [1.29, 1.82) is 0 Å². The number of hydrogen-bond donors (Lipinski definition) is 4. The van der Waals surface area contributed by atoms with Gasteiger partial charge in [0, 0.05) is 6.42 Å². The van der Waals surface area contributed by atoms with Gasteiger partial charge < -0.3 is 25.4 Å². The van der Waals surface area contributed by atoms with Gasteiger partial charge in [-0.05, 0) is 37.6 Å². The number of cyclic esters (lactones) is 1. The zero-order chi connectivity index (χ0) is 19.4. The van der Waals surface area contributed by atoms with E-state index in [1.165, 1.54) is 18.2 Å². The Kier molecular flexibility index (Phi) is 6.12. The van der Waals surface area contributed by atoms with Crippen LogP contribution in [0.2, 0.25) is 0 Å². The van der Waals surface area contributed by atoms with Crippen molar-refractivity contribution in [2.24, 2.45) is 0 Å². The summed E-state index contributed by atoms with van der Waals surface area (Å²) in [6.07, 6.45) is -1.89. The summed E-state index contributed by atoms with van der Waals surface area (Å²) in [5, 5.41) is 32.2. The molecule has 0 unspecified atom stereocenters. The molecule has 1 amide bonds. The Morgan fingerprint density at radius 2 is 1.88 bits per heavy atom. The number of phenolic OH excluding ortho intramolecular Hbond substituents is 1. The average Bonchev–Trinajstić information content (AvgIpc) is 2.51. The van der Waals surface area contributed by atoms with Crippen LogP contribution in [-0.2, 0) is 14.3 Å². The highest BCUT2D eigenvalue weighted by Gasteiger charge is 2.27. The van der Waals surface area contributed by atoms with E-state index < -0.39 is 42.4 Å². The number of aromatic hydroxyl groups is 1. The van der Waals surface area contributed by atoms with Crippen LogP contribution in [-0.4, -0.2) is 51.3 Å². The number of fused-ring (bicyclic) bond motifs is 1. The fourth-order valence-corrected chi connectivity index (χ4v) is 2.54. The molecule has 3 atom stereocenters. The van der Waals surface area contributed by atoms with Gasteiger partial charge in [-0.1, -0.05) is 6.08 Å². The second kappa shape index (κ2) is 8.11. The highest BCUT2D eigenvalue weighted by molar-refractivity contribution is 6.04. The van der Waals surface area contributed by atoms with Gasteiger partial charge in [0.05, 0.1) is 18.2 Å². The molecule has 26 heavy (non-hydrogen) atoms. The Labute approximate surface area is 150 Å². The molecule has 8 heteroatoms. The van der Waals surface area contributed by atoms with Gasteiger partial charge in [0.25, 0.3) is 0 Å². The van der Waals surface area contributed by atoms with Gasteiger partial charge >= 0.3 is 5.97 Å². The van der Waals surface area contributed by atoms with Gasteiger partial charge in [-0.2, -0.15) is 0 Å². The second-order valence-corrected chi connectivity index (χ2v) is 6.23. The number of esters is 1. The third-order valence-corrected chi connectivity index (χ3v) is 3.85. The SMILES string of the molecule is Cc1cc(O)c2c(c1)NC(=O)C[C@H](O)[C@H](O)C(=O)/C=C/C[C@H](C)OC2=O. The van der Waals surface area contributed by atoms with E-state index in [1.54, 1.807) is 13.8 Å². The van der Waals surface area contributed by atoms with Crippen molar-refractivity contribution in [2.75, 3.05) is 5.32 Å². The van der Waals surface area contributed by atoms with Crippen LogP contribution in [0.1, 0.15) is 35.7 Å². The van der Waals surface area contributed by atoms with Crippen LogP contribution in [0.25, 0.3) is 0 Å². The molecule has 4 N–H and O–H groups in total. The number of ketones is 1. The molecule has 0 saturated heterocycles. The van der Waals surface area contributed by atoms with Crippen molar-refractivity contribution < 1.29 is 34.4 Å². The van der Waals surface area contributed by atoms with E-state index in [4.69, 9.17) is 4.74 Å². The van der Waals surface area contributed by atoms with Crippen LogP contribution < -0.4 is 5.32 Å². The number of aliphatic hydroxyl groups is 2. The van der Waals surface area contributed by atoms with Gasteiger partial charge in [0.2, 0.25) is 5.91 Å². The van der Waals surface area contributed by atoms with Crippen molar-refractivity contribution >= 4 is 23.3 Å². The lowest BCUT2D eigenvalue weighted by Gasteiger charge is -2.19. The van der Waals surface area contributed by atoms with Crippen molar-refractivity contribution in [3.63, 3.8) is 0 Å². The van der Waals surface area contributed by atoms with E-state index in [-0.39, 0.29) is 23.4 Å². The van der Waals surface area contributed by atoms with E-state index in [2.05, 4.69) is 5.32 Å². The summed E-state index contributed by atoms with van der Waals surface area (Å²) in [5.41, 5.74) is 0.399. The number of aliphatic hydroxyl groups excluding tert-OH is 2. The molecule has 2 rings (SSSR count). The maximum atomic E-state index is 12.4. The van der Waals surface area contributed by atoms with E-state index >= 15 is 0 Å². The summed E-state index contributed by atoms with van der Waals surface area (Å²) in [6.45, 7) is 3.25. The van der Waals surface area contributed by atoms with Crippen LogP contribution in [0.4, 0.5) is 5.69 Å². The fourth-order valence-electron chi connectivity index (χ4n) is 2.54. The highest BCUT2D eigenvalue weighted by atomic mass is 16.5. The van der Waals surface area contributed by atoms with Crippen LogP contribution in [0.15, 0.2) is 24.3 Å². The van der Waals surface area contributed by atoms with Crippen LogP contribution in [0.5, 0.6) is 5.75 Å². The molecule has 1 aromatic carbocycles. The predicted octanol–water partition coefficient (Wildman–Crippen LogP) is 0.825. The number of amides is 1. The summed E-state index contributed by atoms with van der Waals surface area (Å²) in [6, 6.07) is 2.83. The molecule has 0 aromatic heterocycles. The lowest BCUT2D eigenvalue weighted by atomic mass is 10.0. The third kappa shape index (κ3) is 4.68. The minimum atomic E-state index is -1.75. The number of nitrogens with one attached hydrogen (secondary N) is 1. The minimum Gasteiger partial charge on any atom is -0.507 e. The largest absolute Gasteiger partial charge is 0.507 e. The number of phenols is 1. The van der Waals surface area contributed by atoms with E-state index in [0.717, 1.165) is 6.08 Å². The maximum absolute atomic E-state index is 12.4. The number of carbonyl (C=O) groups is 3. The first-order valence-electron chi connectivity index (χ1n) is 8.10. The van der Waals surface area contributed by atoms with Crippen molar-refractivity contribution in [2.45, 2.75) is 45.0 Å². The summed E-state index contributed by atoms with van der Waals surface area (Å²) in [4.78, 5) is 36.3. The van der Waals surface area contributed by atoms with Gasteiger partial charge in [-0.3, -0.25) is 9.59 Å². The summed E-state index contributed by atoms with van der Waals surface area (Å²) in [5.74, 6) is -2.68. The minimum absolute atomic E-state index is 0.0188. The monoisotopic (exact) mass is 363 g/mol. The van der Waals surface area contributed by atoms with Gasteiger partial charge in [0.1, 0.15) is 23.5 Å². The number of aryl methyl sites for hydroxylation is 1. The molecular formula is C18H21NO7. The molecule has 0 aliphatic carbocycles. The Morgan fingerprint density at radius 1 is 1.19 bits per heavy atom. The Balaban J connectivity index is 2.43. The van der Waals surface area contributed by atoms with Gasteiger partial charge in [0.15, 0.2) is 5.78 Å². The number of ether oxygens (including phenoxy) is 1. The average molecular weight is 363 g/mol. The molecular weight excluding hydrogens is 342 g/mol. The molecule has 8 nitrogen and oxygen atoms in total. The molecule has 0 spiro atoms. The zero-order valence-electron chi connectivity index (χ0n) is 14.4. The van der Waals surface area contributed by atoms with Gasteiger partial charge in [-0.15, -0.1) is 0 Å². The van der Waals surface area contributed by atoms with E-state index in [0.29, 0.717) is 5.56 Å². The molecule has 0 bridgehead atoms. The fraction of sp³-hybridized carbons (Fsp3) is 0.389. The van der Waals surface area contributed by atoms with Crippen LogP contribution >= 0.6 is 0 Å². The molecule has 0 radical (unpaired) electrons.